The van der Waals surface area contributed by atoms with E-state index < -0.39 is 0 Å². The number of hydrogen-bond acceptors (Lipinski definition) is 7. The lowest BCUT2D eigenvalue weighted by Gasteiger charge is -2.26. The van der Waals surface area contributed by atoms with E-state index in [2.05, 4.69) is 36.3 Å². The predicted molar refractivity (Wildman–Crippen MR) is 141 cm³/mol. The van der Waals surface area contributed by atoms with Crippen LogP contribution in [0.1, 0.15) is 46.5 Å². The van der Waals surface area contributed by atoms with Crippen molar-refractivity contribution in [1.82, 2.24) is 24.8 Å². The Morgan fingerprint density at radius 3 is 2.57 bits per heavy atom. The van der Waals surface area contributed by atoms with Crippen LogP contribution in [0, 0.1) is 5.82 Å². The lowest BCUT2D eigenvalue weighted by Crippen LogP contribution is -2.37. The summed E-state index contributed by atoms with van der Waals surface area (Å²) in [6, 6.07) is 6.30. The van der Waals surface area contributed by atoms with Crippen molar-refractivity contribution in [2.75, 3.05) is 50.0 Å². The fourth-order valence-corrected chi connectivity index (χ4v) is 5.08. The van der Waals surface area contributed by atoms with Gasteiger partial charge < -0.3 is 20.4 Å². The van der Waals surface area contributed by atoms with Crippen LogP contribution >= 0.6 is 11.3 Å². The lowest BCUT2D eigenvalue weighted by atomic mass is 10.1. The number of hydrogen-bond donors (Lipinski definition) is 2. The second kappa shape index (κ2) is 10.9. The Morgan fingerprint density at radius 2 is 1.89 bits per heavy atom. The standard InChI is InChI=1S/C25H36FN7OS/c1-25(2,3)29-22-21(18-9-11-19(26)12-10-18)28-23-33(22)30-24(35-23)31(4)17-20(34)27-13-8-16-32-14-6-5-7-15-32/h9-12,29H,5-8,13-17H2,1-4H3,(H,27,34). The second-order valence-electron chi connectivity index (χ2n) is 10.2. The number of halogens is 1. The molecule has 2 N–H and O–H groups in total. The summed E-state index contributed by atoms with van der Waals surface area (Å²) in [7, 11) is 1.86. The summed E-state index contributed by atoms with van der Waals surface area (Å²) in [5, 5.41) is 12.0. The van der Waals surface area contributed by atoms with Crippen molar-refractivity contribution in [2.24, 2.45) is 0 Å². The zero-order valence-corrected chi connectivity index (χ0v) is 21.9. The van der Waals surface area contributed by atoms with Crippen molar-refractivity contribution >= 4 is 33.2 Å². The summed E-state index contributed by atoms with van der Waals surface area (Å²) in [5.41, 5.74) is 1.31. The zero-order chi connectivity index (χ0) is 25.0. The van der Waals surface area contributed by atoms with Crippen molar-refractivity contribution in [3.63, 3.8) is 0 Å². The first-order valence-electron chi connectivity index (χ1n) is 12.3. The quantitative estimate of drug-likeness (QED) is 0.427. The fraction of sp³-hybridized carbons (Fsp3) is 0.560. The number of piperidine rings is 1. The van der Waals surface area contributed by atoms with Gasteiger partial charge in [-0.1, -0.05) is 17.8 Å². The van der Waals surface area contributed by atoms with E-state index >= 15 is 0 Å². The van der Waals surface area contributed by atoms with Crippen molar-refractivity contribution in [3.8, 4) is 11.3 Å². The maximum absolute atomic E-state index is 13.5. The number of carbonyl (C=O) groups excluding carboxylic acids is 1. The molecule has 0 unspecified atom stereocenters. The van der Waals surface area contributed by atoms with E-state index in [-0.39, 0.29) is 23.8 Å². The Labute approximate surface area is 210 Å². The van der Waals surface area contributed by atoms with Crippen LogP contribution in [0.5, 0.6) is 0 Å². The van der Waals surface area contributed by atoms with Gasteiger partial charge in [-0.3, -0.25) is 4.79 Å². The third-order valence-corrected chi connectivity index (χ3v) is 6.96. The Hall–Kier alpha value is -2.72. The number of amides is 1. The van der Waals surface area contributed by atoms with Gasteiger partial charge in [-0.15, -0.1) is 5.10 Å². The Bertz CT molecular complexity index is 1130. The molecule has 1 aromatic carbocycles. The molecule has 10 heteroatoms. The van der Waals surface area contributed by atoms with Crippen LogP contribution in [0.4, 0.5) is 15.3 Å². The first kappa shape index (κ1) is 25.4. The van der Waals surface area contributed by atoms with Crippen molar-refractivity contribution < 1.29 is 9.18 Å². The van der Waals surface area contributed by atoms with Crippen molar-refractivity contribution in [2.45, 2.75) is 52.0 Å². The average Bonchev–Trinajstić information content (AvgIpc) is 3.37. The number of carbonyl (C=O) groups is 1. The van der Waals surface area contributed by atoms with E-state index in [1.54, 1.807) is 16.6 Å². The van der Waals surface area contributed by atoms with Gasteiger partial charge in [-0.05, 0) is 83.9 Å². The minimum Gasteiger partial charge on any atom is -0.364 e. The number of aromatic nitrogens is 3. The molecule has 35 heavy (non-hydrogen) atoms. The van der Waals surface area contributed by atoms with Crippen LogP contribution in [0.2, 0.25) is 0 Å². The molecule has 0 radical (unpaired) electrons. The number of rotatable bonds is 9. The third kappa shape index (κ3) is 6.70. The molecule has 1 saturated heterocycles. The maximum atomic E-state index is 13.5. The Balaban J connectivity index is 1.41. The van der Waals surface area contributed by atoms with Gasteiger partial charge in [0.2, 0.25) is 16.0 Å². The first-order valence-corrected chi connectivity index (χ1v) is 13.2. The average molecular weight is 502 g/mol. The van der Waals surface area contributed by atoms with Gasteiger partial charge in [0.15, 0.2) is 5.82 Å². The molecule has 0 saturated carbocycles. The van der Waals surface area contributed by atoms with E-state index in [0.29, 0.717) is 16.6 Å². The number of nitrogens with zero attached hydrogens (tertiary/aromatic N) is 5. The molecule has 190 valence electrons. The third-order valence-electron chi connectivity index (χ3n) is 5.93. The normalized spacial score (nSPS) is 14.9. The van der Waals surface area contributed by atoms with Crippen LogP contribution in [-0.2, 0) is 4.79 Å². The largest absolute Gasteiger partial charge is 0.364 e. The maximum Gasteiger partial charge on any atom is 0.239 e. The monoisotopic (exact) mass is 501 g/mol. The molecule has 8 nitrogen and oxygen atoms in total. The molecule has 0 atom stereocenters. The molecule has 3 heterocycles. The van der Waals surface area contributed by atoms with Gasteiger partial charge in [-0.25, -0.2) is 9.37 Å². The van der Waals surface area contributed by atoms with Gasteiger partial charge in [-0.2, -0.15) is 4.52 Å². The molecule has 3 aromatic rings. The van der Waals surface area contributed by atoms with Gasteiger partial charge in [0.1, 0.15) is 11.5 Å². The molecular weight excluding hydrogens is 465 g/mol. The molecule has 4 rings (SSSR count). The highest BCUT2D eigenvalue weighted by Crippen LogP contribution is 2.34. The fourth-order valence-electron chi connectivity index (χ4n) is 4.22. The van der Waals surface area contributed by atoms with Gasteiger partial charge in [0.05, 0.1) is 6.54 Å². The molecule has 1 aliphatic rings. The summed E-state index contributed by atoms with van der Waals surface area (Å²) >= 11 is 1.42. The molecule has 1 aliphatic heterocycles. The lowest BCUT2D eigenvalue weighted by molar-refractivity contribution is -0.119. The summed E-state index contributed by atoms with van der Waals surface area (Å²) < 4.78 is 15.2. The molecule has 0 bridgehead atoms. The highest BCUT2D eigenvalue weighted by molar-refractivity contribution is 7.20. The smallest absolute Gasteiger partial charge is 0.239 e. The zero-order valence-electron chi connectivity index (χ0n) is 21.1. The minimum atomic E-state index is -0.285. The van der Waals surface area contributed by atoms with Gasteiger partial charge in [0.25, 0.3) is 0 Å². The van der Waals surface area contributed by atoms with Crippen LogP contribution in [-0.4, -0.2) is 70.7 Å². The van der Waals surface area contributed by atoms with Gasteiger partial charge in [0, 0.05) is 24.7 Å². The summed E-state index contributed by atoms with van der Waals surface area (Å²) in [5.74, 6) is 0.447. The summed E-state index contributed by atoms with van der Waals surface area (Å²) in [6.07, 6.45) is 4.87. The second-order valence-corrected chi connectivity index (χ2v) is 11.2. The van der Waals surface area contributed by atoms with Crippen molar-refractivity contribution in [1.29, 1.82) is 0 Å². The van der Waals surface area contributed by atoms with E-state index in [9.17, 15) is 9.18 Å². The van der Waals surface area contributed by atoms with E-state index in [0.717, 1.165) is 30.0 Å². The number of anilines is 2. The van der Waals surface area contributed by atoms with E-state index in [1.165, 1.54) is 55.8 Å². The van der Waals surface area contributed by atoms with Crippen LogP contribution < -0.4 is 15.5 Å². The molecule has 0 spiro atoms. The number of benzene rings is 1. The van der Waals surface area contributed by atoms with E-state index in [1.807, 2.05) is 11.9 Å². The predicted octanol–water partition coefficient (Wildman–Crippen LogP) is 4.24. The molecule has 1 amide bonds. The van der Waals surface area contributed by atoms with Crippen molar-refractivity contribution in [3.05, 3.63) is 30.1 Å². The number of nitrogens with one attached hydrogen (secondary N) is 2. The van der Waals surface area contributed by atoms with Gasteiger partial charge >= 0.3 is 0 Å². The number of imidazole rings is 1. The van der Waals surface area contributed by atoms with E-state index in [4.69, 9.17) is 10.1 Å². The Morgan fingerprint density at radius 1 is 1.17 bits per heavy atom. The highest BCUT2D eigenvalue weighted by atomic mass is 32.1. The molecule has 1 fully saturated rings. The number of likely N-dealkylation sites (tertiary alicyclic amines) is 1. The number of fused-ring (bicyclic) bond motifs is 1. The van der Waals surface area contributed by atoms with Crippen LogP contribution in [0.15, 0.2) is 24.3 Å². The molecular formula is C25H36FN7OS. The molecule has 0 aliphatic carbocycles. The van der Waals surface area contributed by atoms with Crippen LogP contribution in [0.3, 0.4) is 0 Å². The molecule has 2 aromatic heterocycles. The summed E-state index contributed by atoms with van der Waals surface area (Å²) in [4.78, 5) is 22.3. The summed E-state index contributed by atoms with van der Waals surface area (Å²) in [6.45, 7) is 10.5. The topological polar surface area (TPSA) is 77.8 Å². The SMILES string of the molecule is CN(CC(=O)NCCCN1CCCCC1)c1nn2c(NC(C)(C)C)c(-c3ccc(F)cc3)nc2s1. The number of likely N-dealkylation sites (N-methyl/N-ethyl adjacent to an activating group) is 1. The highest BCUT2D eigenvalue weighted by Gasteiger charge is 2.23. The Kier molecular flexibility index (Phi) is 7.91. The minimum absolute atomic E-state index is 0.0148. The first-order chi connectivity index (χ1) is 16.7. The van der Waals surface area contributed by atoms with Crippen LogP contribution in [0.25, 0.3) is 16.2 Å².